The maximum absolute atomic E-state index is 13.0. The first kappa shape index (κ1) is 47.0. The average molecular weight is 737 g/mol. The molecule has 21 nitrogen and oxygen atoms in total. The van der Waals surface area contributed by atoms with E-state index in [1.165, 1.54) is 0 Å². The van der Waals surface area contributed by atoms with Gasteiger partial charge < -0.3 is 53.2 Å². The predicted molar refractivity (Wildman–Crippen MR) is 177 cm³/mol. The molecule has 21 heteroatoms. The van der Waals surface area contributed by atoms with Gasteiger partial charge in [0.2, 0.25) is 35.9 Å². The first-order chi connectivity index (χ1) is 24.1. The van der Waals surface area contributed by atoms with Crippen LogP contribution in [0.2, 0.25) is 0 Å². The van der Waals surface area contributed by atoms with Crippen molar-refractivity contribution in [2.24, 2.45) is 11.5 Å². The molecule has 0 heterocycles. The molecule has 14 N–H and O–H groups in total. The summed E-state index contributed by atoms with van der Waals surface area (Å²) in [5.74, 6) is -6.96. The van der Waals surface area contributed by atoms with Crippen LogP contribution in [0.3, 0.4) is 0 Å². The standard InChI is InChI=1S/C30H56N8O13/c1-2-3-4-9-19(41)16-23(42)38(51)15-7-10-20(32)26(44)36-24(25(43)30(48)49)29(47)35-22(17-39)28(46)34-21(11-8-14-37(50)18-40)27(45)33-13-6-5-12-31/h18-22,24-25,39,41,43,50-51H,2-17,31-32H2,1H3,(H,33,45)(H,34,46)(H,35,47)(H,36,44)(H,48,49). The summed E-state index contributed by atoms with van der Waals surface area (Å²) in [4.78, 5) is 85.9. The summed E-state index contributed by atoms with van der Waals surface area (Å²) in [5, 5.41) is 68.3. The maximum atomic E-state index is 13.0. The van der Waals surface area contributed by atoms with E-state index < -0.39 is 78.5 Å². The van der Waals surface area contributed by atoms with Crippen LogP contribution in [-0.2, 0) is 33.6 Å². The Balaban J connectivity index is 5.43. The predicted octanol–water partition coefficient (Wildman–Crippen LogP) is -3.98. The fourth-order valence-corrected chi connectivity index (χ4v) is 4.56. The van der Waals surface area contributed by atoms with Crippen LogP contribution in [0, 0.1) is 0 Å². The van der Waals surface area contributed by atoms with Crippen LogP contribution in [0.25, 0.3) is 0 Å². The molecule has 0 saturated carbocycles. The van der Waals surface area contributed by atoms with Crippen LogP contribution in [0.1, 0.15) is 77.6 Å². The van der Waals surface area contributed by atoms with E-state index in [0.717, 1.165) is 12.8 Å². The molecular formula is C30H56N8O13. The fourth-order valence-electron chi connectivity index (χ4n) is 4.56. The highest BCUT2D eigenvalue weighted by molar-refractivity contribution is 5.97. The van der Waals surface area contributed by atoms with Crippen molar-refractivity contribution in [3.05, 3.63) is 0 Å². The lowest BCUT2D eigenvalue weighted by Crippen LogP contribution is -2.62. The Bertz CT molecular complexity index is 1100. The summed E-state index contributed by atoms with van der Waals surface area (Å²) in [6.07, 6.45) is 0.153. The minimum absolute atomic E-state index is 0.0267. The molecule has 0 radical (unpaired) electrons. The van der Waals surface area contributed by atoms with Gasteiger partial charge in [-0.2, -0.15) is 0 Å². The lowest BCUT2D eigenvalue weighted by atomic mass is 10.1. The van der Waals surface area contributed by atoms with Gasteiger partial charge in [0, 0.05) is 19.6 Å². The van der Waals surface area contributed by atoms with Crippen molar-refractivity contribution >= 4 is 41.9 Å². The quantitative estimate of drug-likeness (QED) is 0.0151. The number of carboxylic acids is 1. The number of aliphatic hydroxyl groups excluding tert-OH is 3. The summed E-state index contributed by atoms with van der Waals surface area (Å²) < 4.78 is 0. The van der Waals surface area contributed by atoms with Gasteiger partial charge in [-0.25, -0.2) is 14.9 Å². The number of carbonyl (C=O) groups excluding carboxylic acids is 6. The highest BCUT2D eigenvalue weighted by Gasteiger charge is 2.37. The van der Waals surface area contributed by atoms with Crippen LogP contribution in [0.4, 0.5) is 0 Å². The van der Waals surface area contributed by atoms with Gasteiger partial charge in [-0.15, -0.1) is 0 Å². The zero-order valence-electron chi connectivity index (χ0n) is 28.9. The van der Waals surface area contributed by atoms with E-state index >= 15 is 0 Å². The van der Waals surface area contributed by atoms with Crippen molar-refractivity contribution in [2.45, 2.75) is 114 Å². The number of aliphatic hydroxyl groups is 3. The van der Waals surface area contributed by atoms with Gasteiger partial charge in [0.15, 0.2) is 6.10 Å². The number of carbonyl (C=O) groups is 7. The third kappa shape index (κ3) is 19.8. The molecule has 0 aliphatic rings. The number of amides is 6. The number of aliphatic carboxylic acids is 1. The molecule has 0 aromatic heterocycles. The van der Waals surface area contributed by atoms with Crippen molar-refractivity contribution in [2.75, 3.05) is 32.8 Å². The SMILES string of the molecule is CCCCCC(O)CC(=O)N(O)CCCC(N)C(=O)NC(C(=O)NC(CO)C(=O)NC(CCCN(O)C=O)C(=O)NCCCCN)C(O)C(=O)O. The van der Waals surface area contributed by atoms with Crippen molar-refractivity contribution in [1.29, 1.82) is 0 Å². The first-order valence-corrected chi connectivity index (χ1v) is 16.9. The normalized spacial score (nSPS) is 14.5. The number of carboxylic acid groups (broad SMARTS) is 1. The molecule has 0 aliphatic carbocycles. The monoisotopic (exact) mass is 736 g/mol. The highest BCUT2D eigenvalue weighted by atomic mass is 16.5. The van der Waals surface area contributed by atoms with Crippen LogP contribution < -0.4 is 32.7 Å². The number of hydrogen-bond donors (Lipinski definition) is 12. The second-order valence-electron chi connectivity index (χ2n) is 11.9. The van der Waals surface area contributed by atoms with E-state index in [1.807, 2.05) is 17.6 Å². The van der Waals surface area contributed by atoms with E-state index in [-0.39, 0.29) is 58.1 Å². The largest absolute Gasteiger partial charge is 0.479 e. The molecule has 0 spiro atoms. The Kier molecular flexibility index (Phi) is 24.7. The highest BCUT2D eigenvalue weighted by Crippen LogP contribution is 2.09. The van der Waals surface area contributed by atoms with Crippen molar-refractivity contribution in [1.82, 2.24) is 31.4 Å². The van der Waals surface area contributed by atoms with E-state index in [4.69, 9.17) is 11.5 Å². The number of nitrogens with one attached hydrogen (secondary N) is 4. The number of nitrogens with two attached hydrogens (primary N) is 2. The third-order valence-corrected chi connectivity index (χ3v) is 7.59. The minimum Gasteiger partial charge on any atom is -0.479 e. The number of rotatable bonds is 29. The third-order valence-electron chi connectivity index (χ3n) is 7.59. The van der Waals surface area contributed by atoms with Gasteiger partial charge >= 0.3 is 5.97 Å². The zero-order valence-corrected chi connectivity index (χ0v) is 28.9. The zero-order chi connectivity index (χ0) is 38.9. The average Bonchev–Trinajstić information content (AvgIpc) is 3.09. The second kappa shape index (κ2) is 26.8. The summed E-state index contributed by atoms with van der Waals surface area (Å²) in [6, 6.07) is -6.70. The van der Waals surface area contributed by atoms with Gasteiger partial charge in [0.05, 0.1) is 25.2 Å². The fraction of sp³-hybridized carbons (Fsp3) is 0.767. The Morgan fingerprint density at radius 2 is 1.43 bits per heavy atom. The van der Waals surface area contributed by atoms with E-state index in [2.05, 4.69) is 10.6 Å². The smallest absolute Gasteiger partial charge is 0.335 e. The molecule has 6 unspecified atom stereocenters. The van der Waals surface area contributed by atoms with Gasteiger partial charge in [0.25, 0.3) is 0 Å². The first-order valence-electron chi connectivity index (χ1n) is 16.9. The molecule has 6 atom stereocenters. The molecule has 294 valence electrons. The lowest BCUT2D eigenvalue weighted by molar-refractivity contribution is -0.167. The number of nitrogens with zero attached hydrogens (tertiary/aromatic N) is 2. The summed E-state index contributed by atoms with van der Waals surface area (Å²) in [5.41, 5.74) is 11.3. The Morgan fingerprint density at radius 1 is 0.784 bits per heavy atom. The molecule has 0 fully saturated rings. The van der Waals surface area contributed by atoms with Crippen molar-refractivity contribution in [3.8, 4) is 0 Å². The number of hydroxylamine groups is 4. The molecule has 0 rings (SSSR count). The van der Waals surface area contributed by atoms with Gasteiger partial charge in [-0.1, -0.05) is 26.2 Å². The summed E-state index contributed by atoms with van der Waals surface area (Å²) in [7, 11) is 0. The number of unbranched alkanes of at least 4 members (excludes halogenated alkanes) is 3. The number of hydrogen-bond acceptors (Lipinski definition) is 14. The topological polar surface area (TPSA) is 348 Å². The minimum atomic E-state index is -2.54. The van der Waals surface area contributed by atoms with E-state index in [0.29, 0.717) is 42.4 Å². The Morgan fingerprint density at radius 3 is 2.02 bits per heavy atom. The Hall–Kier alpha value is -3.99. The Labute approximate surface area is 296 Å². The molecule has 0 aromatic carbocycles. The van der Waals surface area contributed by atoms with Crippen LogP contribution in [0.5, 0.6) is 0 Å². The molecular weight excluding hydrogens is 680 g/mol. The second-order valence-corrected chi connectivity index (χ2v) is 11.9. The van der Waals surface area contributed by atoms with Crippen LogP contribution >= 0.6 is 0 Å². The molecule has 51 heavy (non-hydrogen) atoms. The van der Waals surface area contributed by atoms with Crippen LogP contribution in [-0.4, -0.2) is 152 Å². The van der Waals surface area contributed by atoms with Crippen molar-refractivity contribution < 1.29 is 64.4 Å². The van der Waals surface area contributed by atoms with E-state index in [9.17, 15) is 64.4 Å². The van der Waals surface area contributed by atoms with E-state index in [1.54, 1.807) is 0 Å². The molecule has 0 aromatic rings. The van der Waals surface area contributed by atoms with Gasteiger partial charge in [0.1, 0.15) is 18.1 Å². The van der Waals surface area contributed by atoms with Crippen molar-refractivity contribution in [3.63, 3.8) is 0 Å². The lowest BCUT2D eigenvalue weighted by Gasteiger charge is -2.26. The van der Waals surface area contributed by atoms with Gasteiger partial charge in [-0.3, -0.25) is 39.2 Å². The molecule has 0 aliphatic heterocycles. The van der Waals surface area contributed by atoms with Gasteiger partial charge in [-0.05, 0) is 51.5 Å². The summed E-state index contributed by atoms with van der Waals surface area (Å²) in [6.45, 7) is 1.06. The maximum Gasteiger partial charge on any atom is 0.335 e. The molecule has 0 saturated heterocycles. The molecule has 6 amide bonds. The van der Waals surface area contributed by atoms with Crippen LogP contribution in [0.15, 0.2) is 0 Å². The molecule has 0 bridgehead atoms. The summed E-state index contributed by atoms with van der Waals surface area (Å²) >= 11 is 0.